The van der Waals surface area contributed by atoms with Gasteiger partial charge in [-0.25, -0.2) is 13.2 Å². The smallest absolute Gasteiger partial charge is 0.326 e. The molecule has 3 aromatic carbocycles. The third kappa shape index (κ3) is 6.35. The summed E-state index contributed by atoms with van der Waals surface area (Å²) in [7, 11) is 0. The van der Waals surface area contributed by atoms with Crippen LogP contribution in [0.1, 0.15) is 21.8 Å². The van der Waals surface area contributed by atoms with E-state index in [1.807, 2.05) is 5.32 Å². The minimum atomic E-state index is -5.46. The molecule has 1 aliphatic carbocycles. The van der Waals surface area contributed by atoms with Crippen LogP contribution in [0.4, 0.5) is 43.4 Å². The molecule has 0 saturated heterocycles. The lowest BCUT2D eigenvalue weighted by Gasteiger charge is -2.14. The van der Waals surface area contributed by atoms with Crippen LogP contribution in [0.5, 0.6) is 0 Å². The number of alkyl halides is 5. The lowest BCUT2D eigenvalue weighted by atomic mass is 10.1. The second kappa shape index (κ2) is 11.2. The summed E-state index contributed by atoms with van der Waals surface area (Å²) in [6.45, 7) is 0. The lowest BCUT2D eigenvalue weighted by Crippen LogP contribution is -2.31. The summed E-state index contributed by atoms with van der Waals surface area (Å²) in [6, 6.07) is 8.49. The quantitative estimate of drug-likeness (QED) is 0.188. The van der Waals surface area contributed by atoms with Crippen LogP contribution in [0.15, 0.2) is 48.5 Å². The summed E-state index contributed by atoms with van der Waals surface area (Å²) in [6.07, 6.45) is -5.46. The molecule has 3 aromatic rings. The molecule has 41 heavy (non-hydrogen) atoms. The molecule has 1 saturated carbocycles. The maximum atomic E-state index is 14.7. The summed E-state index contributed by atoms with van der Waals surface area (Å²) >= 11 is 24.5. The van der Waals surface area contributed by atoms with E-state index < -0.39 is 74.5 Å². The third-order valence-electron chi connectivity index (χ3n) is 5.95. The maximum absolute atomic E-state index is 14.7. The Bertz CT molecular complexity index is 1580. The van der Waals surface area contributed by atoms with Crippen molar-refractivity contribution in [3.8, 4) is 0 Å². The Kier molecular flexibility index (Phi) is 8.43. The summed E-state index contributed by atoms with van der Waals surface area (Å²) in [5, 5.41) is 5.84. The average molecular weight is 659 g/mol. The molecule has 3 amide bonds. The molecule has 1 aliphatic rings. The predicted molar refractivity (Wildman–Crippen MR) is 141 cm³/mol. The van der Waals surface area contributed by atoms with Crippen LogP contribution in [-0.2, 0) is 9.59 Å². The van der Waals surface area contributed by atoms with Gasteiger partial charge in [0, 0.05) is 11.6 Å². The van der Waals surface area contributed by atoms with Gasteiger partial charge in [0.05, 0.1) is 27.2 Å². The number of hydrogen-bond donors (Lipinski definition) is 3. The van der Waals surface area contributed by atoms with Crippen molar-refractivity contribution < 1.29 is 40.7 Å². The lowest BCUT2D eigenvalue weighted by molar-refractivity contribution is -0.167. The van der Waals surface area contributed by atoms with Gasteiger partial charge in [0.2, 0.25) is 5.91 Å². The molecule has 0 aliphatic heterocycles. The normalized spacial score (nSPS) is 17.5. The van der Waals surface area contributed by atoms with E-state index in [0.29, 0.717) is 17.7 Å². The van der Waals surface area contributed by atoms with Crippen LogP contribution in [0.3, 0.4) is 0 Å². The molecule has 6 nitrogen and oxygen atoms in total. The van der Waals surface area contributed by atoms with Crippen molar-refractivity contribution in [1.29, 1.82) is 0 Å². The SMILES string of the molecule is O=C(Nc1ccc(F)c(NC(=O)C(F)(F)F)c1F)c1cc(NC(=O)C2[C@H](c3ccc(Cl)c(Cl)c3)C2(Cl)Cl)ccc1F. The Labute approximate surface area is 246 Å². The predicted octanol–water partition coefficient (Wildman–Crippen LogP) is 7.69. The molecule has 1 unspecified atom stereocenters. The second-order valence-corrected chi connectivity index (χ2v) is 10.9. The molecule has 0 aromatic heterocycles. The molecule has 216 valence electrons. The largest absolute Gasteiger partial charge is 0.471 e. The van der Waals surface area contributed by atoms with Crippen LogP contribution >= 0.6 is 46.4 Å². The highest BCUT2D eigenvalue weighted by atomic mass is 35.5. The molecule has 4 rings (SSSR count). The fourth-order valence-electron chi connectivity index (χ4n) is 3.91. The highest BCUT2D eigenvalue weighted by molar-refractivity contribution is 6.53. The van der Waals surface area contributed by atoms with Crippen LogP contribution in [0.2, 0.25) is 10.0 Å². The highest BCUT2D eigenvalue weighted by Crippen LogP contribution is 2.65. The summed E-state index contributed by atoms with van der Waals surface area (Å²) in [5.74, 6) is -10.8. The zero-order chi connectivity index (χ0) is 30.4. The fraction of sp³-hybridized carbons (Fsp3) is 0.160. The van der Waals surface area contributed by atoms with E-state index in [0.717, 1.165) is 23.5 Å². The first-order valence-corrected chi connectivity index (χ1v) is 12.6. The zero-order valence-electron chi connectivity index (χ0n) is 19.8. The number of amides is 3. The van der Waals surface area contributed by atoms with E-state index in [1.165, 1.54) is 12.1 Å². The van der Waals surface area contributed by atoms with Crippen LogP contribution in [0.25, 0.3) is 0 Å². The summed E-state index contributed by atoms with van der Waals surface area (Å²) in [4.78, 5) is 36.7. The van der Waals surface area contributed by atoms with E-state index in [-0.39, 0.29) is 15.7 Å². The first-order valence-electron chi connectivity index (χ1n) is 11.1. The van der Waals surface area contributed by atoms with Crippen molar-refractivity contribution in [3.05, 3.63) is 87.2 Å². The minimum Gasteiger partial charge on any atom is -0.326 e. The summed E-state index contributed by atoms with van der Waals surface area (Å²) < 4.78 is 79.1. The van der Waals surface area contributed by atoms with E-state index >= 15 is 0 Å². The molecular weight excluding hydrogens is 646 g/mol. The molecule has 3 N–H and O–H groups in total. The van der Waals surface area contributed by atoms with E-state index in [9.17, 15) is 40.7 Å². The first kappa shape index (κ1) is 30.8. The Morgan fingerprint density at radius 3 is 2.10 bits per heavy atom. The van der Waals surface area contributed by atoms with Gasteiger partial charge in [-0.3, -0.25) is 14.4 Å². The Balaban J connectivity index is 1.52. The number of rotatable bonds is 6. The van der Waals surface area contributed by atoms with Crippen molar-refractivity contribution in [2.75, 3.05) is 16.0 Å². The molecular formula is C25H13Cl4F6N3O3. The van der Waals surface area contributed by atoms with E-state index in [2.05, 4.69) is 5.32 Å². The van der Waals surface area contributed by atoms with Crippen molar-refractivity contribution in [2.45, 2.75) is 16.4 Å². The number of nitrogens with one attached hydrogen (secondary N) is 3. The maximum Gasteiger partial charge on any atom is 0.471 e. The topological polar surface area (TPSA) is 87.3 Å². The van der Waals surface area contributed by atoms with Crippen LogP contribution in [0, 0.1) is 23.4 Å². The van der Waals surface area contributed by atoms with Gasteiger partial charge in [-0.15, -0.1) is 23.2 Å². The number of hydrogen-bond acceptors (Lipinski definition) is 3. The molecule has 0 bridgehead atoms. The standard InChI is InChI=1S/C25H13Cl4F6N3O3/c26-12-3-1-9(7-13(12)27)17-18(24(17,28)29)22(40)36-10-2-4-14(30)11(8-10)21(39)37-16-6-5-15(31)20(19(16)32)38-23(41)25(33,34)35/h1-8,17-18H,(H,36,40)(H,37,39)(H,38,41)/t17-,18?/m0/s1. The van der Waals surface area contributed by atoms with Crippen molar-refractivity contribution in [1.82, 2.24) is 0 Å². The number of carbonyl (C=O) groups is 3. The van der Waals surface area contributed by atoms with Gasteiger partial charge in [-0.2, -0.15) is 13.2 Å². The monoisotopic (exact) mass is 657 g/mol. The number of benzene rings is 3. The number of anilines is 3. The van der Waals surface area contributed by atoms with Gasteiger partial charge in [0.25, 0.3) is 5.91 Å². The molecule has 16 heteroatoms. The Morgan fingerprint density at radius 2 is 1.46 bits per heavy atom. The van der Waals surface area contributed by atoms with Gasteiger partial charge in [-0.1, -0.05) is 29.3 Å². The molecule has 0 radical (unpaired) electrons. The van der Waals surface area contributed by atoms with Gasteiger partial charge in [0.1, 0.15) is 21.7 Å². The second-order valence-electron chi connectivity index (χ2n) is 8.68. The number of halogens is 10. The van der Waals surface area contributed by atoms with E-state index in [4.69, 9.17) is 46.4 Å². The fourth-order valence-corrected chi connectivity index (χ4v) is 5.04. The van der Waals surface area contributed by atoms with Gasteiger partial charge >= 0.3 is 12.1 Å². The number of carbonyl (C=O) groups excluding carboxylic acids is 3. The Hall–Kier alpha value is -3.19. The molecule has 0 spiro atoms. The van der Waals surface area contributed by atoms with Crippen LogP contribution in [-0.4, -0.2) is 28.2 Å². The highest BCUT2D eigenvalue weighted by Gasteiger charge is 2.67. The van der Waals surface area contributed by atoms with Crippen molar-refractivity contribution in [2.24, 2.45) is 5.92 Å². The summed E-state index contributed by atoms with van der Waals surface area (Å²) in [5.41, 5.74) is -2.66. The molecule has 2 atom stereocenters. The average Bonchev–Trinajstić information content (AvgIpc) is 3.47. The zero-order valence-corrected chi connectivity index (χ0v) is 22.8. The van der Waals surface area contributed by atoms with Gasteiger partial charge in [-0.05, 0) is 48.0 Å². The van der Waals surface area contributed by atoms with Crippen molar-refractivity contribution >= 4 is 81.2 Å². The van der Waals surface area contributed by atoms with E-state index in [1.54, 1.807) is 6.07 Å². The van der Waals surface area contributed by atoms with Crippen molar-refractivity contribution in [3.63, 3.8) is 0 Å². The minimum absolute atomic E-state index is 0.0943. The first-order chi connectivity index (χ1) is 19.0. The van der Waals surface area contributed by atoms with Gasteiger partial charge < -0.3 is 16.0 Å². The third-order valence-corrected chi connectivity index (χ3v) is 7.63. The molecule has 0 heterocycles. The van der Waals surface area contributed by atoms with Crippen LogP contribution < -0.4 is 16.0 Å². The van der Waals surface area contributed by atoms with Gasteiger partial charge in [0.15, 0.2) is 5.82 Å². The molecule has 1 fully saturated rings. The Morgan fingerprint density at radius 1 is 0.805 bits per heavy atom.